The van der Waals surface area contributed by atoms with Gasteiger partial charge in [0.2, 0.25) is 0 Å². The third kappa shape index (κ3) is 4.21. The maximum atomic E-state index is 12.1. The molecule has 0 saturated carbocycles. The summed E-state index contributed by atoms with van der Waals surface area (Å²) in [6.45, 7) is 3.16. The van der Waals surface area contributed by atoms with Crippen LogP contribution in [0.3, 0.4) is 0 Å². The van der Waals surface area contributed by atoms with E-state index >= 15 is 0 Å². The van der Waals surface area contributed by atoms with Crippen molar-refractivity contribution in [3.63, 3.8) is 0 Å². The minimum atomic E-state index is -0.381. The van der Waals surface area contributed by atoms with Crippen molar-refractivity contribution >= 4 is 22.0 Å². The lowest BCUT2D eigenvalue weighted by Gasteiger charge is -2.31. The van der Waals surface area contributed by atoms with Crippen molar-refractivity contribution < 1.29 is 9.90 Å². The molecule has 20 heavy (non-hydrogen) atoms. The molecule has 2 N–H and O–H groups in total. The predicted molar refractivity (Wildman–Crippen MR) is 82.7 cm³/mol. The molecule has 1 aromatic carbocycles. The molecule has 110 valence electrons. The van der Waals surface area contributed by atoms with Crippen LogP contribution in [0.15, 0.2) is 28.7 Å². The lowest BCUT2D eigenvalue weighted by atomic mass is 10.1. The monoisotopic (exact) mass is 340 g/mol. The summed E-state index contributed by atoms with van der Waals surface area (Å²) < 4.78 is 1.06. The fraction of sp³-hybridized carbons (Fsp3) is 0.533. The Morgan fingerprint density at radius 1 is 1.55 bits per heavy atom. The molecule has 5 heteroatoms. The van der Waals surface area contributed by atoms with Crippen molar-refractivity contribution in [1.82, 2.24) is 10.2 Å². The number of carbonyl (C=O) groups is 1. The van der Waals surface area contributed by atoms with E-state index in [2.05, 4.69) is 27.3 Å². The number of rotatable bonds is 3. The van der Waals surface area contributed by atoms with Crippen LogP contribution in [0.1, 0.15) is 25.3 Å². The molecular weight excluding hydrogens is 320 g/mol. The number of hydrogen-bond donors (Lipinski definition) is 2. The molecule has 1 heterocycles. The first kappa shape index (κ1) is 15.3. The Balaban J connectivity index is 1.86. The number of aliphatic hydroxyl groups excluding tert-OH is 1. The van der Waals surface area contributed by atoms with E-state index in [1.807, 2.05) is 25.1 Å². The number of piperidine rings is 1. The molecule has 1 aliphatic heterocycles. The topological polar surface area (TPSA) is 52.6 Å². The van der Waals surface area contributed by atoms with Crippen molar-refractivity contribution in [1.29, 1.82) is 0 Å². The number of nitrogens with one attached hydrogen (secondary N) is 1. The van der Waals surface area contributed by atoms with Crippen molar-refractivity contribution in [2.75, 3.05) is 13.1 Å². The fourth-order valence-corrected chi connectivity index (χ4v) is 2.93. The highest BCUT2D eigenvalue weighted by Gasteiger charge is 2.22. The number of carbonyl (C=O) groups excluding carboxylic acids is 1. The Hall–Kier alpha value is -1.07. The first-order valence-electron chi connectivity index (χ1n) is 7.03. The van der Waals surface area contributed by atoms with E-state index in [-0.39, 0.29) is 18.2 Å². The summed E-state index contributed by atoms with van der Waals surface area (Å²) in [6, 6.07) is 8.01. The lowest BCUT2D eigenvalue weighted by molar-refractivity contribution is 0.0835. The van der Waals surface area contributed by atoms with Crippen LogP contribution in [-0.2, 0) is 6.42 Å². The second-order valence-electron chi connectivity index (χ2n) is 5.39. The van der Waals surface area contributed by atoms with Crippen LogP contribution in [0.25, 0.3) is 0 Å². The average Bonchev–Trinajstić information content (AvgIpc) is 2.41. The van der Waals surface area contributed by atoms with Gasteiger partial charge < -0.3 is 15.3 Å². The minimum Gasteiger partial charge on any atom is -0.391 e. The van der Waals surface area contributed by atoms with Gasteiger partial charge in [-0.1, -0.05) is 34.1 Å². The summed E-state index contributed by atoms with van der Waals surface area (Å²) >= 11 is 3.52. The molecule has 0 radical (unpaired) electrons. The van der Waals surface area contributed by atoms with Crippen LogP contribution in [0.5, 0.6) is 0 Å². The second-order valence-corrected chi connectivity index (χ2v) is 6.24. The largest absolute Gasteiger partial charge is 0.391 e. The van der Waals surface area contributed by atoms with E-state index in [1.165, 1.54) is 5.56 Å². The van der Waals surface area contributed by atoms with Gasteiger partial charge in [0.25, 0.3) is 0 Å². The smallest absolute Gasteiger partial charge is 0.317 e. The van der Waals surface area contributed by atoms with Gasteiger partial charge in [-0.05, 0) is 37.8 Å². The number of nitrogens with zero attached hydrogens (tertiary/aromatic N) is 1. The van der Waals surface area contributed by atoms with E-state index in [0.29, 0.717) is 6.54 Å². The van der Waals surface area contributed by atoms with Crippen LogP contribution in [0.4, 0.5) is 4.79 Å². The van der Waals surface area contributed by atoms with Crippen LogP contribution in [0.2, 0.25) is 0 Å². The minimum absolute atomic E-state index is 0.0558. The number of urea groups is 1. The first-order valence-corrected chi connectivity index (χ1v) is 7.82. The average molecular weight is 341 g/mol. The number of hydrogen-bond acceptors (Lipinski definition) is 2. The van der Waals surface area contributed by atoms with E-state index in [0.717, 1.165) is 30.3 Å². The molecule has 0 bridgehead atoms. The normalized spacial score (nSPS) is 20.6. The van der Waals surface area contributed by atoms with Gasteiger partial charge in [0.1, 0.15) is 0 Å². The van der Waals surface area contributed by atoms with Crippen LogP contribution < -0.4 is 5.32 Å². The van der Waals surface area contributed by atoms with Crippen molar-refractivity contribution in [3.8, 4) is 0 Å². The Bertz CT molecular complexity index is 467. The van der Waals surface area contributed by atoms with Gasteiger partial charge in [-0.2, -0.15) is 0 Å². The first-order chi connectivity index (χ1) is 9.56. The highest BCUT2D eigenvalue weighted by molar-refractivity contribution is 9.10. The van der Waals surface area contributed by atoms with Crippen LogP contribution in [0, 0.1) is 0 Å². The molecule has 1 aliphatic rings. The van der Waals surface area contributed by atoms with E-state index < -0.39 is 0 Å². The molecule has 0 spiro atoms. The maximum absolute atomic E-state index is 12.1. The van der Waals surface area contributed by atoms with Gasteiger partial charge in [-0.15, -0.1) is 0 Å². The van der Waals surface area contributed by atoms with Crippen LogP contribution >= 0.6 is 15.9 Å². The molecule has 2 unspecified atom stereocenters. The Labute approximate surface area is 128 Å². The summed E-state index contributed by atoms with van der Waals surface area (Å²) in [7, 11) is 0. The maximum Gasteiger partial charge on any atom is 0.317 e. The molecule has 1 fully saturated rings. The Morgan fingerprint density at radius 2 is 2.30 bits per heavy atom. The molecular formula is C15H21BrN2O2. The number of likely N-dealkylation sites (tertiary alicyclic amines) is 1. The molecule has 2 atom stereocenters. The predicted octanol–water partition coefficient (Wildman–Crippen LogP) is 2.55. The second kappa shape index (κ2) is 7.09. The Morgan fingerprint density at radius 3 is 3.00 bits per heavy atom. The molecule has 0 aromatic heterocycles. The van der Waals surface area contributed by atoms with Gasteiger partial charge in [-0.25, -0.2) is 4.79 Å². The molecule has 2 rings (SSSR count). The summed E-state index contributed by atoms with van der Waals surface area (Å²) in [5, 5.41) is 12.6. The summed E-state index contributed by atoms with van der Waals surface area (Å²) in [5.74, 6) is 0. The van der Waals surface area contributed by atoms with Gasteiger partial charge in [0.15, 0.2) is 0 Å². The third-order valence-electron chi connectivity index (χ3n) is 3.54. The standard InChI is InChI=1S/C15H21BrN2O2/c1-11(9-12-5-2-3-7-14(12)16)17-15(20)18-8-4-6-13(19)10-18/h2-3,5,7,11,13,19H,4,6,8-10H2,1H3,(H,17,20). The molecule has 0 aliphatic carbocycles. The molecule has 4 nitrogen and oxygen atoms in total. The fourth-order valence-electron chi connectivity index (χ4n) is 2.49. The van der Waals surface area contributed by atoms with Gasteiger partial charge in [-0.3, -0.25) is 0 Å². The van der Waals surface area contributed by atoms with Gasteiger partial charge >= 0.3 is 6.03 Å². The van der Waals surface area contributed by atoms with Crippen LogP contribution in [-0.4, -0.2) is 41.3 Å². The Kier molecular flexibility index (Phi) is 5.43. The van der Waals surface area contributed by atoms with Crippen molar-refractivity contribution in [2.45, 2.75) is 38.3 Å². The lowest BCUT2D eigenvalue weighted by Crippen LogP contribution is -2.49. The van der Waals surface area contributed by atoms with Crippen molar-refractivity contribution in [2.24, 2.45) is 0 Å². The van der Waals surface area contributed by atoms with Crippen molar-refractivity contribution in [3.05, 3.63) is 34.3 Å². The third-order valence-corrected chi connectivity index (χ3v) is 4.31. The van der Waals surface area contributed by atoms with Gasteiger partial charge in [0, 0.05) is 23.6 Å². The number of β-amino-alcohol motifs (C(OH)–C–C–N with tert-alkyl or cyclic N) is 1. The zero-order valence-corrected chi connectivity index (χ0v) is 13.3. The summed E-state index contributed by atoms with van der Waals surface area (Å²) in [5.41, 5.74) is 1.18. The zero-order valence-electron chi connectivity index (χ0n) is 11.7. The van der Waals surface area contributed by atoms with Gasteiger partial charge in [0.05, 0.1) is 6.10 Å². The highest BCUT2D eigenvalue weighted by Crippen LogP contribution is 2.17. The molecule has 1 aromatic rings. The summed E-state index contributed by atoms with van der Waals surface area (Å²) in [6.07, 6.45) is 2.06. The number of amides is 2. The zero-order chi connectivity index (χ0) is 14.5. The van der Waals surface area contributed by atoms with E-state index in [4.69, 9.17) is 0 Å². The quantitative estimate of drug-likeness (QED) is 0.888. The number of benzene rings is 1. The van der Waals surface area contributed by atoms with E-state index in [9.17, 15) is 9.90 Å². The SMILES string of the molecule is CC(Cc1ccccc1Br)NC(=O)N1CCCC(O)C1. The highest BCUT2D eigenvalue weighted by atomic mass is 79.9. The number of aliphatic hydroxyl groups is 1. The summed E-state index contributed by atoms with van der Waals surface area (Å²) in [4.78, 5) is 13.8. The molecule has 1 saturated heterocycles. The molecule has 2 amide bonds. The number of halogens is 1. The van der Waals surface area contributed by atoms with E-state index in [1.54, 1.807) is 4.90 Å².